The van der Waals surface area contributed by atoms with Crippen molar-refractivity contribution < 1.29 is 17.9 Å². The Bertz CT molecular complexity index is 1270. The Morgan fingerprint density at radius 2 is 1.87 bits per heavy atom. The second kappa shape index (κ2) is 8.39. The molecule has 0 spiro atoms. The van der Waals surface area contributed by atoms with E-state index < -0.39 is 22.5 Å². The third kappa shape index (κ3) is 4.39. The standard InChI is InChI=1S/C23H23N3O4S/c1-30-20-7-4-6-19(13-20)26(31(2,28)29)15-22(27)25-24-14-18-12-11-17-10-9-16-5-3-8-21(18)23(16)17/h3-8,11-14H,9-10,15H2,1-2H3,(H,25,27)/b24-14-. The summed E-state index contributed by atoms with van der Waals surface area (Å²) in [5, 5.41) is 6.42. The molecule has 4 rings (SSSR count). The van der Waals surface area contributed by atoms with Crippen molar-refractivity contribution in [1.29, 1.82) is 0 Å². The summed E-state index contributed by atoms with van der Waals surface area (Å²) >= 11 is 0. The van der Waals surface area contributed by atoms with E-state index in [9.17, 15) is 13.2 Å². The van der Waals surface area contributed by atoms with E-state index in [1.165, 1.54) is 23.6 Å². The lowest BCUT2D eigenvalue weighted by molar-refractivity contribution is -0.119. The number of carbonyl (C=O) groups is 1. The van der Waals surface area contributed by atoms with Gasteiger partial charge in [0.2, 0.25) is 10.0 Å². The number of rotatable bonds is 7. The number of aryl methyl sites for hydroxylation is 2. The highest BCUT2D eigenvalue weighted by Crippen LogP contribution is 2.32. The van der Waals surface area contributed by atoms with E-state index >= 15 is 0 Å². The van der Waals surface area contributed by atoms with Crippen LogP contribution in [0.3, 0.4) is 0 Å². The zero-order valence-electron chi connectivity index (χ0n) is 17.3. The molecule has 0 saturated heterocycles. The molecule has 0 aromatic heterocycles. The average Bonchev–Trinajstić information content (AvgIpc) is 3.17. The Morgan fingerprint density at radius 3 is 2.61 bits per heavy atom. The Balaban J connectivity index is 1.51. The molecule has 0 aliphatic heterocycles. The van der Waals surface area contributed by atoms with Gasteiger partial charge in [0.15, 0.2) is 0 Å². The van der Waals surface area contributed by atoms with Crippen LogP contribution in [0.5, 0.6) is 5.75 Å². The zero-order chi connectivity index (χ0) is 22.0. The second-order valence-electron chi connectivity index (χ2n) is 7.42. The molecule has 0 saturated carbocycles. The number of ether oxygens (including phenoxy) is 1. The van der Waals surface area contributed by atoms with Crippen LogP contribution >= 0.6 is 0 Å². The van der Waals surface area contributed by atoms with E-state index in [1.807, 2.05) is 18.2 Å². The van der Waals surface area contributed by atoms with Gasteiger partial charge in [0.1, 0.15) is 12.3 Å². The number of methoxy groups -OCH3 is 1. The summed E-state index contributed by atoms with van der Waals surface area (Å²) in [6.45, 7) is -0.396. The molecular formula is C23H23N3O4S. The topological polar surface area (TPSA) is 88.1 Å². The van der Waals surface area contributed by atoms with Crippen LogP contribution in [0.1, 0.15) is 16.7 Å². The fraction of sp³-hybridized carbons (Fsp3) is 0.217. The van der Waals surface area contributed by atoms with E-state index in [-0.39, 0.29) is 0 Å². The molecule has 0 atom stereocenters. The molecule has 1 amide bonds. The maximum Gasteiger partial charge on any atom is 0.260 e. The molecule has 1 aliphatic carbocycles. The summed E-state index contributed by atoms with van der Waals surface area (Å²) < 4.78 is 30.7. The Labute approximate surface area is 181 Å². The van der Waals surface area contributed by atoms with Crippen molar-refractivity contribution in [1.82, 2.24) is 5.43 Å². The summed E-state index contributed by atoms with van der Waals surface area (Å²) in [4.78, 5) is 12.4. The van der Waals surface area contributed by atoms with Gasteiger partial charge >= 0.3 is 0 Å². The summed E-state index contributed by atoms with van der Waals surface area (Å²) in [5.41, 5.74) is 6.33. The molecule has 1 aliphatic rings. The largest absolute Gasteiger partial charge is 0.497 e. The number of hydrogen-bond donors (Lipinski definition) is 1. The molecular weight excluding hydrogens is 414 g/mol. The van der Waals surface area contributed by atoms with Crippen LogP contribution in [0.4, 0.5) is 5.69 Å². The first-order valence-corrected chi connectivity index (χ1v) is 11.7. The van der Waals surface area contributed by atoms with E-state index in [0.29, 0.717) is 11.4 Å². The van der Waals surface area contributed by atoms with Gasteiger partial charge in [-0.25, -0.2) is 13.8 Å². The lowest BCUT2D eigenvalue weighted by Gasteiger charge is -2.21. The van der Waals surface area contributed by atoms with Gasteiger partial charge in [-0.1, -0.05) is 36.4 Å². The van der Waals surface area contributed by atoms with Gasteiger partial charge in [-0.05, 0) is 46.9 Å². The van der Waals surface area contributed by atoms with Crippen LogP contribution in [0.15, 0.2) is 59.7 Å². The number of benzene rings is 3. The number of carbonyl (C=O) groups excluding carboxylic acids is 1. The van der Waals surface area contributed by atoms with E-state index in [1.54, 1.807) is 30.5 Å². The Hall–Kier alpha value is -3.39. The highest BCUT2D eigenvalue weighted by molar-refractivity contribution is 7.92. The highest BCUT2D eigenvalue weighted by Gasteiger charge is 2.21. The molecule has 0 heterocycles. The van der Waals surface area contributed by atoms with Crippen molar-refractivity contribution in [2.24, 2.45) is 5.10 Å². The maximum atomic E-state index is 12.4. The summed E-state index contributed by atoms with van der Waals surface area (Å²) in [7, 11) is -2.19. The summed E-state index contributed by atoms with van der Waals surface area (Å²) in [5.74, 6) is -0.0490. The predicted molar refractivity (Wildman–Crippen MR) is 122 cm³/mol. The van der Waals surface area contributed by atoms with E-state index in [2.05, 4.69) is 22.7 Å². The van der Waals surface area contributed by atoms with Gasteiger partial charge in [0.25, 0.3) is 5.91 Å². The molecule has 7 nitrogen and oxygen atoms in total. The lowest BCUT2D eigenvalue weighted by Crippen LogP contribution is -2.39. The number of amides is 1. The minimum absolute atomic E-state index is 0.341. The molecule has 0 bridgehead atoms. The first-order chi connectivity index (χ1) is 14.9. The van der Waals surface area contributed by atoms with Gasteiger partial charge in [-0.15, -0.1) is 0 Å². The maximum absolute atomic E-state index is 12.4. The number of hydrogen-bond acceptors (Lipinski definition) is 5. The normalized spacial score (nSPS) is 13.0. The molecule has 0 radical (unpaired) electrons. The third-order valence-corrected chi connectivity index (χ3v) is 6.47. The van der Waals surface area contributed by atoms with Gasteiger partial charge in [-0.3, -0.25) is 9.10 Å². The van der Waals surface area contributed by atoms with E-state index in [4.69, 9.17) is 4.74 Å². The van der Waals surface area contributed by atoms with Gasteiger partial charge in [0, 0.05) is 11.6 Å². The Morgan fingerprint density at radius 1 is 1.13 bits per heavy atom. The van der Waals surface area contributed by atoms with Gasteiger partial charge < -0.3 is 4.74 Å². The molecule has 31 heavy (non-hydrogen) atoms. The van der Waals surface area contributed by atoms with Crippen molar-refractivity contribution in [3.8, 4) is 5.75 Å². The first-order valence-electron chi connectivity index (χ1n) is 9.84. The molecule has 0 fully saturated rings. The molecule has 0 unspecified atom stereocenters. The summed E-state index contributed by atoms with van der Waals surface area (Å²) in [6, 6.07) is 16.8. The third-order valence-electron chi connectivity index (χ3n) is 5.33. The number of nitrogens with zero attached hydrogens (tertiary/aromatic N) is 2. The molecule has 3 aromatic rings. The van der Waals surface area contributed by atoms with Crippen LogP contribution in [-0.4, -0.2) is 40.4 Å². The molecule has 8 heteroatoms. The smallest absolute Gasteiger partial charge is 0.260 e. The molecule has 3 aromatic carbocycles. The molecule has 160 valence electrons. The number of anilines is 1. The van der Waals surface area contributed by atoms with Crippen LogP contribution < -0.4 is 14.5 Å². The number of sulfonamides is 1. The van der Waals surface area contributed by atoms with Crippen molar-refractivity contribution >= 4 is 38.6 Å². The van der Waals surface area contributed by atoms with Crippen molar-refractivity contribution in [3.63, 3.8) is 0 Å². The van der Waals surface area contributed by atoms with Crippen LogP contribution in [0, 0.1) is 0 Å². The highest BCUT2D eigenvalue weighted by atomic mass is 32.2. The Kier molecular flexibility index (Phi) is 5.65. The van der Waals surface area contributed by atoms with Gasteiger partial charge in [-0.2, -0.15) is 5.10 Å². The monoisotopic (exact) mass is 437 g/mol. The second-order valence-corrected chi connectivity index (χ2v) is 9.32. The van der Waals surface area contributed by atoms with Crippen molar-refractivity contribution in [2.45, 2.75) is 12.8 Å². The minimum atomic E-state index is -3.68. The van der Waals surface area contributed by atoms with Crippen molar-refractivity contribution in [3.05, 3.63) is 71.3 Å². The minimum Gasteiger partial charge on any atom is -0.497 e. The molecule has 1 N–H and O–H groups in total. The van der Waals surface area contributed by atoms with Crippen LogP contribution in [0.2, 0.25) is 0 Å². The zero-order valence-corrected chi connectivity index (χ0v) is 18.1. The van der Waals surface area contributed by atoms with Gasteiger partial charge in [0.05, 0.1) is 25.3 Å². The van der Waals surface area contributed by atoms with Crippen LogP contribution in [-0.2, 0) is 27.7 Å². The number of nitrogens with one attached hydrogen (secondary N) is 1. The summed E-state index contributed by atoms with van der Waals surface area (Å²) in [6.07, 6.45) is 4.72. The SMILES string of the molecule is COc1cccc(N(CC(=O)N/N=C\c2ccc3c4c(cccc24)CC3)S(C)(=O)=O)c1. The average molecular weight is 438 g/mol. The first kappa shape index (κ1) is 20.9. The lowest BCUT2D eigenvalue weighted by atomic mass is 10.0. The van der Waals surface area contributed by atoms with E-state index in [0.717, 1.165) is 34.4 Å². The fourth-order valence-electron chi connectivity index (χ4n) is 3.89. The quantitative estimate of drug-likeness (QED) is 0.455. The van der Waals surface area contributed by atoms with Crippen LogP contribution in [0.25, 0.3) is 10.8 Å². The predicted octanol–water partition coefficient (Wildman–Crippen LogP) is 2.86. The fourth-order valence-corrected chi connectivity index (χ4v) is 4.74. The number of hydrazone groups is 1. The van der Waals surface area contributed by atoms with Crippen molar-refractivity contribution in [2.75, 3.05) is 24.2 Å².